The first kappa shape index (κ1) is 10.4. The van der Waals surface area contributed by atoms with Crippen LogP contribution in [0.5, 0.6) is 0 Å². The van der Waals surface area contributed by atoms with Gasteiger partial charge in [-0.2, -0.15) is 4.98 Å². The number of hydrogen-bond donors (Lipinski definition) is 2. The van der Waals surface area contributed by atoms with Crippen LogP contribution in [0.4, 0.5) is 11.8 Å². The number of rotatable bonds is 3. The number of nitrogens with two attached hydrogens (primary N) is 1. The lowest BCUT2D eigenvalue weighted by Gasteiger charge is -2.04. The molecule has 0 aliphatic heterocycles. The van der Waals surface area contributed by atoms with E-state index in [0.29, 0.717) is 18.3 Å². The van der Waals surface area contributed by atoms with Gasteiger partial charge in [-0.15, -0.1) is 0 Å². The molecular weight excluding hydrogens is 206 g/mol. The molecule has 2 aromatic heterocycles. The van der Waals surface area contributed by atoms with Crippen LogP contribution >= 0.6 is 0 Å². The van der Waals surface area contributed by atoms with Crippen molar-refractivity contribution < 1.29 is 4.52 Å². The lowest BCUT2D eigenvalue weighted by molar-refractivity contribution is 0.392. The molecule has 0 bridgehead atoms. The molecule has 0 radical (unpaired) electrons. The van der Waals surface area contributed by atoms with E-state index < -0.39 is 0 Å². The molecule has 0 saturated heterocycles. The summed E-state index contributed by atoms with van der Waals surface area (Å²) >= 11 is 0. The van der Waals surface area contributed by atoms with Crippen LogP contribution in [0.3, 0.4) is 0 Å². The van der Waals surface area contributed by atoms with Crippen molar-refractivity contribution in [2.45, 2.75) is 20.4 Å². The summed E-state index contributed by atoms with van der Waals surface area (Å²) in [4.78, 5) is 8.08. The van der Waals surface area contributed by atoms with Gasteiger partial charge in [0.15, 0.2) is 0 Å². The van der Waals surface area contributed by atoms with Gasteiger partial charge in [0.05, 0.1) is 5.69 Å². The lowest BCUT2D eigenvalue weighted by Crippen LogP contribution is -2.05. The molecule has 0 spiro atoms. The smallest absolute Gasteiger partial charge is 0.224 e. The number of nitrogens with one attached hydrogen (secondary N) is 1. The van der Waals surface area contributed by atoms with Gasteiger partial charge in [0, 0.05) is 18.3 Å². The molecule has 3 N–H and O–H groups in total. The summed E-state index contributed by atoms with van der Waals surface area (Å²) in [7, 11) is 0. The van der Waals surface area contributed by atoms with Crippen molar-refractivity contribution in [3.63, 3.8) is 0 Å². The van der Waals surface area contributed by atoms with Crippen molar-refractivity contribution in [1.82, 2.24) is 15.1 Å². The Morgan fingerprint density at radius 3 is 2.88 bits per heavy atom. The maximum atomic E-state index is 5.55. The van der Waals surface area contributed by atoms with Crippen LogP contribution in [0.15, 0.2) is 16.8 Å². The van der Waals surface area contributed by atoms with E-state index in [9.17, 15) is 0 Å². The predicted molar refractivity (Wildman–Crippen MR) is 59.7 cm³/mol. The minimum atomic E-state index is 0.441. The largest absolute Gasteiger partial charge is 0.384 e. The average Bonchev–Trinajstić information content (AvgIpc) is 2.56. The van der Waals surface area contributed by atoms with Crippen molar-refractivity contribution in [1.29, 1.82) is 0 Å². The van der Waals surface area contributed by atoms with Gasteiger partial charge in [-0.05, 0) is 19.9 Å². The molecule has 0 atom stereocenters. The van der Waals surface area contributed by atoms with Gasteiger partial charge in [0.2, 0.25) is 5.95 Å². The van der Waals surface area contributed by atoms with Crippen LogP contribution in [0.1, 0.15) is 17.0 Å². The molecule has 0 aliphatic carbocycles. The van der Waals surface area contributed by atoms with Crippen LogP contribution in [0, 0.1) is 13.8 Å². The van der Waals surface area contributed by atoms with E-state index in [1.807, 2.05) is 13.8 Å². The van der Waals surface area contributed by atoms with Crippen LogP contribution in [0.2, 0.25) is 0 Å². The number of aryl methyl sites for hydroxylation is 2. The number of hydrogen-bond acceptors (Lipinski definition) is 6. The van der Waals surface area contributed by atoms with E-state index in [1.54, 1.807) is 12.3 Å². The van der Waals surface area contributed by atoms with Crippen LogP contribution in [-0.2, 0) is 6.54 Å². The third-order valence-electron chi connectivity index (χ3n) is 2.28. The van der Waals surface area contributed by atoms with Gasteiger partial charge >= 0.3 is 0 Å². The molecule has 0 saturated carbocycles. The fraction of sp³-hybridized carbons (Fsp3) is 0.300. The second-order valence-corrected chi connectivity index (χ2v) is 3.46. The SMILES string of the molecule is Cc1noc(C)c1CNc1nccc(N)n1. The highest BCUT2D eigenvalue weighted by Crippen LogP contribution is 2.13. The topological polar surface area (TPSA) is 89.9 Å². The Bertz CT molecular complexity index is 474. The van der Waals surface area contributed by atoms with E-state index in [1.165, 1.54) is 0 Å². The van der Waals surface area contributed by atoms with Gasteiger partial charge in [0.25, 0.3) is 0 Å². The van der Waals surface area contributed by atoms with Crippen molar-refractivity contribution in [3.8, 4) is 0 Å². The molecule has 2 aromatic rings. The minimum Gasteiger partial charge on any atom is -0.384 e. The maximum absolute atomic E-state index is 5.55. The van der Waals surface area contributed by atoms with E-state index in [0.717, 1.165) is 17.0 Å². The Hall–Kier alpha value is -2.11. The maximum Gasteiger partial charge on any atom is 0.224 e. The van der Waals surface area contributed by atoms with Gasteiger partial charge < -0.3 is 15.6 Å². The van der Waals surface area contributed by atoms with E-state index in [2.05, 4.69) is 20.4 Å². The summed E-state index contributed by atoms with van der Waals surface area (Å²) < 4.78 is 5.05. The fourth-order valence-corrected chi connectivity index (χ4v) is 1.38. The lowest BCUT2D eigenvalue weighted by atomic mass is 10.2. The first-order valence-electron chi connectivity index (χ1n) is 4.91. The van der Waals surface area contributed by atoms with E-state index >= 15 is 0 Å². The van der Waals surface area contributed by atoms with E-state index in [-0.39, 0.29) is 0 Å². The molecule has 2 rings (SSSR count). The molecule has 2 heterocycles. The standard InChI is InChI=1S/C10H13N5O/c1-6-8(7(2)16-15-6)5-13-10-12-4-3-9(11)14-10/h3-4H,5H2,1-2H3,(H3,11,12,13,14). The molecule has 6 nitrogen and oxygen atoms in total. The summed E-state index contributed by atoms with van der Waals surface area (Å²) in [6.45, 7) is 4.34. The highest BCUT2D eigenvalue weighted by molar-refractivity contribution is 5.36. The minimum absolute atomic E-state index is 0.441. The van der Waals surface area contributed by atoms with Crippen LogP contribution in [-0.4, -0.2) is 15.1 Å². The Kier molecular flexibility index (Phi) is 2.72. The molecule has 16 heavy (non-hydrogen) atoms. The summed E-state index contributed by atoms with van der Waals surface area (Å²) in [5, 5.41) is 6.93. The summed E-state index contributed by atoms with van der Waals surface area (Å²) in [5.41, 5.74) is 7.43. The van der Waals surface area contributed by atoms with E-state index in [4.69, 9.17) is 10.3 Å². The Morgan fingerprint density at radius 1 is 1.44 bits per heavy atom. The quantitative estimate of drug-likeness (QED) is 0.808. The molecular formula is C10H13N5O. The summed E-state index contributed by atoms with van der Waals surface area (Å²) in [5.74, 6) is 1.74. The van der Waals surface area contributed by atoms with Crippen molar-refractivity contribution in [2.75, 3.05) is 11.1 Å². The highest BCUT2D eigenvalue weighted by atomic mass is 16.5. The molecule has 0 aliphatic rings. The third-order valence-corrected chi connectivity index (χ3v) is 2.28. The summed E-state index contributed by atoms with van der Waals surface area (Å²) in [6, 6.07) is 1.64. The first-order valence-corrected chi connectivity index (χ1v) is 4.91. The molecule has 0 fully saturated rings. The average molecular weight is 219 g/mol. The number of nitrogens with zero attached hydrogens (tertiary/aromatic N) is 3. The molecule has 0 unspecified atom stereocenters. The second-order valence-electron chi connectivity index (χ2n) is 3.46. The van der Waals surface area contributed by atoms with Crippen molar-refractivity contribution in [3.05, 3.63) is 29.3 Å². The molecule has 0 aromatic carbocycles. The van der Waals surface area contributed by atoms with Crippen molar-refractivity contribution >= 4 is 11.8 Å². The highest BCUT2D eigenvalue weighted by Gasteiger charge is 2.08. The Morgan fingerprint density at radius 2 is 2.25 bits per heavy atom. The third kappa shape index (κ3) is 2.10. The van der Waals surface area contributed by atoms with Gasteiger partial charge in [-0.3, -0.25) is 0 Å². The molecule has 0 amide bonds. The monoisotopic (exact) mass is 219 g/mol. The first-order chi connectivity index (χ1) is 7.66. The second kappa shape index (κ2) is 4.18. The van der Waals surface area contributed by atoms with Gasteiger partial charge in [0.1, 0.15) is 11.6 Å². The zero-order chi connectivity index (χ0) is 11.5. The number of anilines is 2. The Labute approximate surface area is 92.9 Å². The molecule has 6 heteroatoms. The van der Waals surface area contributed by atoms with Crippen LogP contribution in [0.25, 0.3) is 0 Å². The predicted octanol–water partition coefficient (Wildman–Crippen LogP) is 1.28. The number of aromatic nitrogens is 3. The van der Waals surface area contributed by atoms with Gasteiger partial charge in [-0.1, -0.05) is 5.16 Å². The zero-order valence-electron chi connectivity index (χ0n) is 9.19. The van der Waals surface area contributed by atoms with Crippen LogP contribution < -0.4 is 11.1 Å². The van der Waals surface area contributed by atoms with Gasteiger partial charge in [-0.25, -0.2) is 4.98 Å². The molecule has 84 valence electrons. The number of nitrogen functional groups attached to an aromatic ring is 1. The zero-order valence-corrected chi connectivity index (χ0v) is 9.19. The normalized spacial score (nSPS) is 10.4. The summed E-state index contributed by atoms with van der Waals surface area (Å²) in [6.07, 6.45) is 1.61. The van der Waals surface area contributed by atoms with Crippen molar-refractivity contribution in [2.24, 2.45) is 0 Å². The fourth-order valence-electron chi connectivity index (χ4n) is 1.38. The Balaban J connectivity index is 2.08.